The molecule has 6 heteroatoms. The van der Waals surface area contributed by atoms with Crippen LogP contribution in [0.4, 0.5) is 8.78 Å². The summed E-state index contributed by atoms with van der Waals surface area (Å²) < 4.78 is 41.1. The molecule has 0 bridgehead atoms. The molecule has 4 saturated heterocycles. The Balaban J connectivity index is 1.33. The minimum Gasteiger partial charge on any atom is -0.369 e. The number of hydrogen-bond donors (Lipinski definition) is 0. The highest BCUT2D eigenvalue weighted by Crippen LogP contribution is 2.47. The monoisotopic (exact) mass is 372 g/mol. The molecule has 150 valence electrons. The second-order valence-corrected chi connectivity index (χ2v) is 10.6. The summed E-state index contributed by atoms with van der Waals surface area (Å²) in [6, 6.07) is 0. The van der Waals surface area contributed by atoms with Crippen molar-refractivity contribution >= 4 is 0 Å². The summed E-state index contributed by atoms with van der Waals surface area (Å²) in [5, 5.41) is 0. The summed E-state index contributed by atoms with van der Waals surface area (Å²) in [5.74, 6) is -0.0886. The standard InChI is InChI=1S/C20H34F2N2O2/c1-17(2,3)23-12-20(13-23)16(22)14(9-26-20)8-18(4,5)24-10-19(11-24)15(21)6-7-25-19/h14-16H,6-13H2,1-5H3/t14?,15-,16+/m1/s1. The van der Waals surface area contributed by atoms with E-state index in [4.69, 9.17) is 9.47 Å². The molecule has 4 nitrogen and oxygen atoms in total. The van der Waals surface area contributed by atoms with Crippen molar-refractivity contribution in [3.05, 3.63) is 0 Å². The van der Waals surface area contributed by atoms with E-state index in [2.05, 4.69) is 44.4 Å². The van der Waals surface area contributed by atoms with Gasteiger partial charge in [-0.25, -0.2) is 8.78 Å². The van der Waals surface area contributed by atoms with Gasteiger partial charge in [-0.2, -0.15) is 0 Å². The van der Waals surface area contributed by atoms with Crippen molar-refractivity contribution in [2.45, 2.75) is 82.1 Å². The van der Waals surface area contributed by atoms with E-state index in [0.717, 1.165) is 6.42 Å². The summed E-state index contributed by atoms with van der Waals surface area (Å²) in [6.45, 7) is 14.4. The lowest BCUT2D eigenvalue weighted by atomic mass is 9.76. The molecular formula is C20H34F2N2O2. The number of hydrogen-bond acceptors (Lipinski definition) is 4. The van der Waals surface area contributed by atoms with Gasteiger partial charge in [0.25, 0.3) is 0 Å². The zero-order valence-corrected chi connectivity index (χ0v) is 16.9. The molecule has 4 aliphatic rings. The van der Waals surface area contributed by atoms with Crippen molar-refractivity contribution in [3.63, 3.8) is 0 Å². The largest absolute Gasteiger partial charge is 0.369 e. The van der Waals surface area contributed by atoms with Crippen LogP contribution in [0.1, 0.15) is 47.5 Å². The van der Waals surface area contributed by atoms with Gasteiger partial charge in [-0.15, -0.1) is 0 Å². The molecule has 3 atom stereocenters. The van der Waals surface area contributed by atoms with Gasteiger partial charge in [0.2, 0.25) is 0 Å². The Morgan fingerprint density at radius 1 is 0.923 bits per heavy atom. The number of rotatable bonds is 3. The fourth-order valence-electron chi connectivity index (χ4n) is 5.18. The molecular weight excluding hydrogens is 338 g/mol. The van der Waals surface area contributed by atoms with Crippen molar-refractivity contribution in [3.8, 4) is 0 Å². The normalized spacial score (nSPS) is 37.3. The van der Waals surface area contributed by atoms with Crippen LogP contribution < -0.4 is 0 Å². The van der Waals surface area contributed by atoms with Crippen molar-refractivity contribution in [2.75, 3.05) is 39.4 Å². The Morgan fingerprint density at radius 3 is 2.08 bits per heavy atom. The molecule has 0 aromatic heterocycles. The molecule has 0 radical (unpaired) electrons. The van der Waals surface area contributed by atoms with E-state index in [-0.39, 0.29) is 17.0 Å². The van der Waals surface area contributed by atoms with Gasteiger partial charge in [-0.05, 0) is 41.0 Å². The van der Waals surface area contributed by atoms with Gasteiger partial charge in [0.05, 0.1) is 13.2 Å². The van der Waals surface area contributed by atoms with E-state index in [1.807, 2.05) is 0 Å². The maximum absolute atomic E-state index is 15.3. The highest BCUT2D eigenvalue weighted by atomic mass is 19.1. The van der Waals surface area contributed by atoms with Gasteiger partial charge < -0.3 is 9.47 Å². The molecule has 0 aliphatic carbocycles. The number of halogens is 2. The average molecular weight is 373 g/mol. The van der Waals surface area contributed by atoms with Crippen molar-refractivity contribution < 1.29 is 18.3 Å². The molecule has 0 aromatic carbocycles. The van der Waals surface area contributed by atoms with Gasteiger partial charge in [-0.3, -0.25) is 9.80 Å². The van der Waals surface area contributed by atoms with Gasteiger partial charge in [-0.1, -0.05) is 0 Å². The highest BCUT2D eigenvalue weighted by Gasteiger charge is 2.61. The summed E-state index contributed by atoms with van der Waals surface area (Å²) >= 11 is 0. The van der Waals surface area contributed by atoms with E-state index < -0.39 is 23.5 Å². The second kappa shape index (κ2) is 5.85. The zero-order valence-electron chi connectivity index (χ0n) is 16.9. The van der Waals surface area contributed by atoms with Crippen LogP contribution in [-0.2, 0) is 9.47 Å². The quantitative estimate of drug-likeness (QED) is 0.761. The number of nitrogens with zero attached hydrogens (tertiary/aromatic N) is 2. The lowest BCUT2D eigenvalue weighted by molar-refractivity contribution is -0.170. The fraction of sp³-hybridized carbons (Fsp3) is 1.00. The Kier molecular flexibility index (Phi) is 4.28. The molecule has 4 heterocycles. The van der Waals surface area contributed by atoms with Crippen LogP contribution in [0.25, 0.3) is 0 Å². The molecule has 4 fully saturated rings. The maximum Gasteiger partial charge on any atom is 0.137 e. The van der Waals surface area contributed by atoms with Gasteiger partial charge in [0.1, 0.15) is 23.5 Å². The third kappa shape index (κ3) is 2.83. The maximum atomic E-state index is 15.3. The first-order valence-electron chi connectivity index (χ1n) is 10.0. The van der Waals surface area contributed by atoms with Crippen molar-refractivity contribution in [1.29, 1.82) is 0 Å². The third-order valence-corrected chi connectivity index (χ3v) is 7.23. The van der Waals surface area contributed by atoms with E-state index in [9.17, 15) is 4.39 Å². The third-order valence-electron chi connectivity index (χ3n) is 7.23. The Bertz CT molecular complexity index is 551. The number of likely N-dealkylation sites (tertiary alicyclic amines) is 2. The molecule has 4 aliphatic heterocycles. The summed E-state index contributed by atoms with van der Waals surface area (Å²) in [4.78, 5) is 4.54. The predicted octanol–water partition coefficient (Wildman–Crippen LogP) is 2.81. The summed E-state index contributed by atoms with van der Waals surface area (Å²) in [7, 11) is 0. The molecule has 4 rings (SSSR count). The molecule has 1 unspecified atom stereocenters. The first-order valence-corrected chi connectivity index (χ1v) is 10.0. The van der Waals surface area contributed by atoms with E-state index in [0.29, 0.717) is 45.8 Å². The Labute approximate surface area is 156 Å². The minimum atomic E-state index is -0.924. The van der Waals surface area contributed by atoms with E-state index >= 15 is 4.39 Å². The Hall–Kier alpha value is -0.300. The van der Waals surface area contributed by atoms with E-state index in [1.54, 1.807) is 0 Å². The van der Waals surface area contributed by atoms with Crippen LogP contribution >= 0.6 is 0 Å². The van der Waals surface area contributed by atoms with Gasteiger partial charge >= 0.3 is 0 Å². The lowest BCUT2D eigenvalue weighted by Crippen LogP contribution is -2.71. The second-order valence-electron chi connectivity index (χ2n) is 10.6. The first-order chi connectivity index (χ1) is 12.0. The Morgan fingerprint density at radius 2 is 1.54 bits per heavy atom. The van der Waals surface area contributed by atoms with Crippen LogP contribution in [0.3, 0.4) is 0 Å². The number of ether oxygens (including phenoxy) is 2. The topological polar surface area (TPSA) is 24.9 Å². The first kappa shape index (κ1) is 19.0. The van der Waals surface area contributed by atoms with Crippen LogP contribution in [0, 0.1) is 5.92 Å². The van der Waals surface area contributed by atoms with E-state index in [1.165, 1.54) is 0 Å². The fourth-order valence-corrected chi connectivity index (χ4v) is 5.18. The molecule has 0 N–H and O–H groups in total. The molecule has 2 spiro atoms. The summed E-state index contributed by atoms with van der Waals surface area (Å²) in [6.07, 6.45) is -0.546. The SMILES string of the molecule is CC(C)(C)N1CC2(C1)OCC(CC(C)(C)N1CC3(C1)OCC[C@H]3F)[C@@H]2F. The number of alkyl halides is 2. The summed E-state index contributed by atoms with van der Waals surface area (Å²) in [5.41, 5.74) is -1.32. The molecule has 0 aromatic rings. The van der Waals surface area contributed by atoms with Crippen LogP contribution in [0.15, 0.2) is 0 Å². The van der Waals surface area contributed by atoms with Crippen molar-refractivity contribution in [1.82, 2.24) is 9.80 Å². The van der Waals surface area contributed by atoms with Crippen LogP contribution in [0.5, 0.6) is 0 Å². The molecule has 26 heavy (non-hydrogen) atoms. The van der Waals surface area contributed by atoms with Crippen LogP contribution in [0.2, 0.25) is 0 Å². The molecule has 0 saturated carbocycles. The van der Waals surface area contributed by atoms with Gasteiger partial charge in [0.15, 0.2) is 0 Å². The molecule has 0 amide bonds. The lowest BCUT2D eigenvalue weighted by Gasteiger charge is -2.56. The predicted molar refractivity (Wildman–Crippen MR) is 96.9 cm³/mol. The van der Waals surface area contributed by atoms with Gasteiger partial charge in [0, 0.05) is 49.6 Å². The highest BCUT2D eigenvalue weighted by molar-refractivity contribution is 5.13. The smallest absolute Gasteiger partial charge is 0.137 e. The van der Waals surface area contributed by atoms with Crippen molar-refractivity contribution in [2.24, 2.45) is 5.92 Å². The zero-order chi connectivity index (χ0) is 19.0. The minimum absolute atomic E-state index is 0.0574. The van der Waals surface area contributed by atoms with Crippen LogP contribution in [-0.4, -0.2) is 83.8 Å². The average Bonchev–Trinajstić information content (AvgIpc) is 2.96.